The molecule has 0 saturated heterocycles. The van der Waals surface area contributed by atoms with Gasteiger partial charge < -0.3 is 25.8 Å². The lowest BCUT2D eigenvalue weighted by Gasteiger charge is -2.51. The second-order valence-electron chi connectivity index (χ2n) is 9.87. The maximum Gasteiger partial charge on any atom is 0.409 e. The van der Waals surface area contributed by atoms with Gasteiger partial charge in [-0.25, -0.2) is 4.79 Å². The molecule has 4 rings (SSSR count). The van der Waals surface area contributed by atoms with Gasteiger partial charge in [0.2, 0.25) is 11.8 Å². The number of ether oxygens (including phenoxy) is 1. The van der Waals surface area contributed by atoms with E-state index in [-0.39, 0.29) is 30.0 Å². The van der Waals surface area contributed by atoms with E-state index in [1.807, 2.05) is 52.0 Å². The number of anilines is 3. The zero-order valence-electron chi connectivity index (χ0n) is 20.1. The fraction of sp³-hybridized carbons (Fsp3) is 0.500. The molecule has 0 atom stereocenters. The van der Waals surface area contributed by atoms with Crippen molar-refractivity contribution in [2.24, 2.45) is 0 Å². The van der Waals surface area contributed by atoms with Crippen molar-refractivity contribution in [1.82, 2.24) is 20.2 Å². The summed E-state index contributed by atoms with van der Waals surface area (Å²) in [7, 11) is 0. The summed E-state index contributed by atoms with van der Waals surface area (Å²) in [5, 5.41) is 19.4. The van der Waals surface area contributed by atoms with Gasteiger partial charge in [0, 0.05) is 11.2 Å². The molecule has 182 valence electrons. The minimum Gasteiger partial charge on any atom is -0.465 e. The Morgan fingerprint density at radius 3 is 2.59 bits per heavy atom. The fourth-order valence-corrected chi connectivity index (χ4v) is 4.87. The third-order valence-electron chi connectivity index (χ3n) is 6.14. The van der Waals surface area contributed by atoms with Crippen molar-refractivity contribution in [3.63, 3.8) is 0 Å². The van der Waals surface area contributed by atoms with Crippen LogP contribution in [0.2, 0.25) is 0 Å². The molecule has 2 amide bonds. The third kappa shape index (κ3) is 4.71. The Hall–Kier alpha value is -3.56. The topological polar surface area (TPSA) is 129 Å². The highest BCUT2D eigenvalue weighted by Gasteiger charge is 2.47. The summed E-state index contributed by atoms with van der Waals surface area (Å²) in [6, 6.07) is 7.71. The van der Waals surface area contributed by atoms with Gasteiger partial charge in [-0.2, -0.15) is 9.97 Å². The second-order valence-corrected chi connectivity index (χ2v) is 9.87. The molecular formula is C24H32N6O4. The predicted molar refractivity (Wildman–Crippen MR) is 129 cm³/mol. The van der Waals surface area contributed by atoms with Crippen LogP contribution >= 0.6 is 0 Å². The van der Waals surface area contributed by atoms with Gasteiger partial charge in [-0.05, 0) is 71.1 Å². The monoisotopic (exact) mass is 468 g/mol. The molecule has 0 unspecified atom stereocenters. The summed E-state index contributed by atoms with van der Waals surface area (Å²) in [4.78, 5) is 35.6. The standard InChI is InChI=1S/C24H32N6O4/c1-15-9-8-10-16(13-15)26-18-17-19(31)25-14-34-20(17)28-21(27-18)29-24(11-6-5-7-12-24)30(22(32)33)23(2,3)4/h8-10,13H,5-7,11-12,14H2,1-4H3,(H,25,31)(H,32,33)(H2,26,27,28,29). The van der Waals surface area contributed by atoms with E-state index in [0.29, 0.717) is 18.7 Å². The van der Waals surface area contributed by atoms with Crippen LogP contribution in [0, 0.1) is 6.92 Å². The van der Waals surface area contributed by atoms with Gasteiger partial charge in [0.25, 0.3) is 5.91 Å². The molecule has 0 bridgehead atoms. The number of aryl methyl sites for hydroxylation is 1. The number of hydrogen-bond donors (Lipinski definition) is 4. The Bertz CT molecular complexity index is 1090. The molecule has 2 aromatic rings. The number of carbonyl (C=O) groups excluding carboxylic acids is 1. The van der Waals surface area contributed by atoms with Gasteiger partial charge in [-0.3, -0.25) is 9.69 Å². The zero-order chi connectivity index (χ0) is 24.5. The number of carboxylic acid groups (broad SMARTS) is 1. The Labute approximate surface area is 199 Å². The van der Waals surface area contributed by atoms with Crippen molar-refractivity contribution in [3.05, 3.63) is 35.4 Å². The fourth-order valence-electron chi connectivity index (χ4n) is 4.87. The maximum atomic E-state index is 12.6. The molecule has 2 heterocycles. The maximum absolute atomic E-state index is 12.6. The van der Waals surface area contributed by atoms with Crippen molar-refractivity contribution in [1.29, 1.82) is 0 Å². The summed E-state index contributed by atoms with van der Waals surface area (Å²) in [5.41, 5.74) is 0.495. The Morgan fingerprint density at radius 2 is 1.94 bits per heavy atom. The molecule has 10 heteroatoms. The third-order valence-corrected chi connectivity index (χ3v) is 6.14. The average Bonchev–Trinajstić information content (AvgIpc) is 2.73. The molecule has 2 aliphatic rings. The van der Waals surface area contributed by atoms with Gasteiger partial charge >= 0.3 is 6.09 Å². The van der Waals surface area contributed by atoms with Crippen LogP contribution in [-0.2, 0) is 0 Å². The average molecular weight is 469 g/mol. The number of fused-ring (bicyclic) bond motifs is 1. The van der Waals surface area contributed by atoms with Crippen molar-refractivity contribution < 1.29 is 19.4 Å². The van der Waals surface area contributed by atoms with E-state index < -0.39 is 17.3 Å². The lowest BCUT2D eigenvalue weighted by molar-refractivity contribution is 0.00987. The van der Waals surface area contributed by atoms with Crippen LogP contribution in [0.4, 0.5) is 22.2 Å². The molecule has 0 radical (unpaired) electrons. The van der Waals surface area contributed by atoms with Crippen LogP contribution in [0.1, 0.15) is 68.8 Å². The largest absolute Gasteiger partial charge is 0.465 e. The SMILES string of the molecule is Cc1cccc(Nc2nc(NC3(N(C(=O)O)C(C)(C)C)CCCCC3)nc3c2C(=O)NCO3)c1. The van der Waals surface area contributed by atoms with Gasteiger partial charge in [0.15, 0.2) is 12.5 Å². The number of hydrogen-bond acceptors (Lipinski definition) is 7. The number of nitrogens with one attached hydrogen (secondary N) is 3. The summed E-state index contributed by atoms with van der Waals surface area (Å²) in [5.74, 6) is 0.317. The van der Waals surface area contributed by atoms with E-state index in [4.69, 9.17) is 4.74 Å². The number of benzene rings is 1. The smallest absolute Gasteiger partial charge is 0.409 e. The zero-order valence-corrected chi connectivity index (χ0v) is 20.1. The molecule has 1 fully saturated rings. The minimum atomic E-state index is -1.01. The molecule has 1 aliphatic heterocycles. The normalized spacial score (nSPS) is 17.1. The van der Waals surface area contributed by atoms with Gasteiger partial charge in [-0.15, -0.1) is 0 Å². The number of aromatic nitrogens is 2. The molecule has 10 nitrogen and oxygen atoms in total. The van der Waals surface area contributed by atoms with E-state index >= 15 is 0 Å². The first-order valence-electron chi connectivity index (χ1n) is 11.6. The highest BCUT2D eigenvalue weighted by molar-refractivity contribution is 6.02. The van der Waals surface area contributed by atoms with Crippen molar-refractivity contribution in [2.75, 3.05) is 17.4 Å². The van der Waals surface area contributed by atoms with E-state index in [9.17, 15) is 14.7 Å². The molecule has 0 spiro atoms. The van der Waals surface area contributed by atoms with Crippen molar-refractivity contribution >= 4 is 29.5 Å². The number of amides is 2. The van der Waals surface area contributed by atoms with Crippen LogP contribution < -0.4 is 20.7 Å². The van der Waals surface area contributed by atoms with Crippen LogP contribution in [0.5, 0.6) is 5.88 Å². The Kier molecular flexibility index (Phi) is 6.24. The lowest BCUT2D eigenvalue weighted by Crippen LogP contribution is -2.64. The first kappa shape index (κ1) is 23.6. The van der Waals surface area contributed by atoms with Crippen LogP contribution in [0.15, 0.2) is 24.3 Å². The minimum absolute atomic E-state index is 0.000552. The van der Waals surface area contributed by atoms with E-state index in [1.54, 1.807) is 0 Å². The van der Waals surface area contributed by atoms with Crippen molar-refractivity contribution in [2.45, 2.75) is 71.0 Å². The molecular weight excluding hydrogens is 436 g/mol. The summed E-state index contributed by atoms with van der Waals surface area (Å²) < 4.78 is 5.64. The second kappa shape index (κ2) is 9.00. The Balaban J connectivity index is 1.78. The number of rotatable bonds is 5. The van der Waals surface area contributed by atoms with Gasteiger partial charge in [0.05, 0.1) is 0 Å². The van der Waals surface area contributed by atoms with Crippen molar-refractivity contribution in [3.8, 4) is 5.88 Å². The van der Waals surface area contributed by atoms with E-state index in [2.05, 4.69) is 25.9 Å². The molecule has 1 aromatic carbocycles. The molecule has 1 saturated carbocycles. The molecule has 1 aliphatic carbocycles. The number of nitrogens with zero attached hydrogens (tertiary/aromatic N) is 3. The first-order chi connectivity index (χ1) is 16.1. The quantitative estimate of drug-likeness (QED) is 0.474. The Morgan fingerprint density at radius 1 is 1.21 bits per heavy atom. The highest BCUT2D eigenvalue weighted by Crippen LogP contribution is 2.39. The molecule has 4 N–H and O–H groups in total. The summed E-state index contributed by atoms with van der Waals surface area (Å²) in [6.07, 6.45) is 3.04. The molecule has 34 heavy (non-hydrogen) atoms. The van der Waals surface area contributed by atoms with Crippen LogP contribution in [-0.4, -0.2) is 49.9 Å². The first-order valence-corrected chi connectivity index (χ1v) is 11.6. The summed E-state index contributed by atoms with van der Waals surface area (Å²) in [6.45, 7) is 7.62. The van der Waals surface area contributed by atoms with Crippen LogP contribution in [0.3, 0.4) is 0 Å². The van der Waals surface area contributed by atoms with Gasteiger partial charge in [0.1, 0.15) is 11.2 Å². The summed E-state index contributed by atoms with van der Waals surface area (Å²) >= 11 is 0. The van der Waals surface area contributed by atoms with E-state index in [0.717, 1.165) is 30.5 Å². The molecule has 1 aromatic heterocycles. The number of carbonyl (C=O) groups is 2. The van der Waals surface area contributed by atoms with Gasteiger partial charge in [-0.1, -0.05) is 18.6 Å². The van der Waals surface area contributed by atoms with Crippen LogP contribution in [0.25, 0.3) is 0 Å². The lowest BCUT2D eigenvalue weighted by atomic mass is 9.85. The van der Waals surface area contributed by atoms with E-state index in [1.165, 1.54) is 4.90 Å². The highest BCUT2D eigenvalue weighted by atomic mass is 16.5. The predicted octanol–water partition coefficient (Wildman–Crippen LogP) is 4.46.